The Morgan fingerprint density at radius 1 is 1.50 bits per heavy atom. The molecule has 0 aliphatic heterocycles. The van der Waals surface area contributed by atoms with Gasteiger partial charge in [-0.05, 0) is 25.0 Å². The normalized spacial score (nSPS) is 12.9. The summed E-state index contributed by atoms with van der Waals surface area (Å²) in [5, 5.41) is 3.90. The molecule has 0 saturated carbocycles. The molecule has 16 heavy (non-hydrogen) atoms. The Morgan fingerprint density at radius 3 is 2.88 bits per heavy atom. The number of aromatic nitrogens is 2. The lowest BCUT2D eigenvalue weighted by molar-refractivity contribution is 0.351. The zero-order chi connectivity index (χ0) is 11.5. The van der Waals surface area contributed by atoms with Gasteiger partial charge >= 0.3 is 0 Å². The van der Waals surface area contributed by atoms with E-state index < -0.39 is 0 Å². The van der Waals surface area contributed by atoms with Gasteiger partial charge in [0.15, 0.2) is 5.76 Å². The third kappa shape index (κ3) is 1.86. The molecule has 0 aliphatic carbocycles. The van der Waals surface area contributed by atoms with Crippen molar-refractivity contribution in [2.75, 3.05) is 6.54 Å². The largest absolute Gasteiger partial charge is 0.461 e. The molecule has 0 radical (unpaired) electrons. The first-order valence-corrected chi connectivity index (χ1v) is 5.34. The molecule has 5 nitrogen and oxygen atoms in total. The van der Waals surface area contributed by atoms with E-state index in [4.69, 9.17) is 14.7 Å². The molecular formula is C11H15N3O2. The second kappa shape index (κ2) is 4.49. The van der Waals surface area contributed by atoms with Gasteiger partial charge in [0, 0.05) is 6.54 Å². The maximum absolute atomic E-state index is 5.62. The van der Waals surface area contributed by atoms with E-state index in [9.17, 15) is 0 Å². The van der Waals surface area contributed by atoms with Gasteiger partial charge in [0.1, 0.15) is 0 Å². The van der Waals surface area contributed by atoms with Crippen LogP contribution in [0.1, 0.15) is 30.7 Å². The highest BCUT2D eigenvalue weighted by molar-refractivity contribution is 5.51. The van der Waals surface area contributed by atoms with Crippen molar-refractivity contribution >= 4 is 0 Å². The number of hydrogen-bond acceptors (Lipinski definition) is 5. The van der Waals surface area contributed by atoms with Crippen molar-refractivity contribution in [3.63, 3.8) is 0 Å². The van der Waals surface area contributed by atoms with Gasteiger partial charge in [-0.25, -0.2) is 0 Å². The Morgan fingerprint density at radius 2 is 2.31 bits per heavy atom. The minimum atomic E-state index is 0.122. The third-order valence-corrected chi connectivity index (χ3v) is 2.63. The van der Waals surface area contributed by atoms with Crippen LogP contribution in [-0.4, -0.2) is 16.7 Å². The second-order valence-electron chi connectivity index (χ2n) is 3.73. The number of furan rings is 1. The van der Waals surface area contributed by atoms with E-state index in [2.05, 4.69) is 10.1 Å². The molecule has 0 spiro atoms. The molecule has 2 heterocycles. The quantitative estimate of drug-likeness (QED) is 0.855. The van der Waals surface area contributed by atoms with Gasteiger partial charge in [0.2, 0.25) is 11.7 Å². The number of nitrogens with two attached hydrogens (primary N) is 1. The van der Waals surface area contributed by atoms with Gasteiger partial charge in [0.25, 0.3) is 0 Å². The lowest BCUT2D eigenvalue weighted by Gasteiger charge is -2.03. The van der Waals surface area contributed by atoms with Gasteiger partial charge in [-0.15, -0.1) is 0 Å². The van der Waals surface area contributed by atoms with Crippen LogP contribution in [0.3, 0.4) is 0 Å². The molecule has 2 N–H and O–H groups in total. The molecule has 5 heteroatoms. The maximum atomic E-state index is 5.62. The van der Waals surface area contributed by atoms with E-state index >= 15 is 0 Å². The van der Waals surface area contributed by atoms with Crippen molar-refractivity contribution in [1.82, 2.24) is 10.1 Å². The number of nitrogens with zero attached hydrogens (tertiary/aromatic N) is 2. The Balaban J connectivity index is 2.29. The molecule has 0 bridgehead atoms. The van der Waals surface area contributed by atoms with Crippen LogP contribution in [0.5, 0.6) is 0 Å². The predicted molar refractivity (Wildman–Crippen MR) is 58.8 cm³/mol. The van der Waals surface area contributed by atoms with Crippen LogP contribution in [0.2, 0.25) is 0 Å². The van der Waals surface area contributed by atoms with Gasteiger partial charge in [-0.1, -0.05) is 12.1 Å². The zero-order valence-corrected chi connectivity index (χ0v) is 9.43. The third-order valence-electron chi connectivity index (χ3n) is 2.63. The van der Waals surface area contributed by atoms with Gasteiger partial charge in [0.05, 0.1) is 12.2 Å². The summed E-state index contributed by atoms with van der Waals surface area (Å²) in [6, 6.07) is 1.87. The topological polar surface area (TPSA) is 78.1 Å². The lowest BCUT2D eigenvalue weighted by atomic mass is 10.1. The summed E-state index contributed by atoms with van der Waals surface area (Å²) in [6.07, 6.45) is 2.50. The average Bonchev–Trinajstić information content (AvgIpc) is 2.89. The van der Waals surface area contributed by atoms with Crippen LogP contribution >= 0.6 is 0 Å². The summed E-state index contributed by atoms with van der Waals surface area (Å²) in [6.45, 7) is 4.49. The lowest BCUT2D eigenvalue weighted by Crippen LogP contribution is -2.11. The molecule has 0 aliphatic rings. The number of hydrogen-bond donors (Lipinski definition) is 1. The highest BCUT2D eigenvalue weighted by Gasteiger charge is 2.18. The van der Waals surface area contributed by atoms with Crippen LogP contribution < -0.4 is 5.73 Å². The van der Waals surface area contributed by atoms with E-state index in [-0.39, 0.29) is 5.92 Å². The molecule has 1 atom stereocenters. The molecule has 0 aromatic carbocycles. The minimum absolute atomic E-state index is 0.122. The predicted octanol–water partition coefficient (Wildman–Crippen LogP) is 2.09. The summed E-state index contributed by atoms with van der Waals surface area (Å²) >= 11 is 0. The minimum Gasteiger partial charge on any atom is -0.461 e. The number of rotatable bonds is 4. The molecule has 2 rings (SSSR count). The summed E-state index contributed by atoms with van der Waals surface area (Å²) in [4.78, 5) is 4.30. The van der Waals surface area contributed by atoms with Crippen LogP contribution in [0, 0.1) is 6.92 Å². The second-order valence-corrected chi connectivity index (χ2v) is 3.73. The first-order chi connectivity index (χ1) is 7.76. The molecule has 86 valence electrons. The molecule has 0 saturated heterocycles. The van der Waals surface area contributed by atoms with Gasteiger partial charge in [-0.2, -0.15) is 4.98 Å². The Bertz CT molecular complexity index is 457. The fourth-order valence-electron chi connectivity index (χ4n) is 1.54. The first kappa shape index (κ1) is 10.9. The summed E-state index contributed by atoms with van der Waals surface area (Å²) in [5.74, 6) is 1.85. The Hall–Kier alpha value is -1.62. The fourth-order valence-corrected chi connectivity index (χ4v) is 1.54. The van der Waals surface area contributed by atoms with E-state index in [1.807, 2.05) is 19.9 Å². The number of aryl methyl sites for hydroxylation is 1. The van der Waals surface area contributed by atoms with Crippen molar-refractivity contribution < 1.29 is 8.94 Å². The van der Waals surface area contributed by atoms with E-state index in [1.54, 1.807) is 6.26 Å². The molecule has 2 aromatic heterocycles. The maximum Gasteiger partial charge on any atom is 0.238 e. The van der Waals surface area contributed by atoms with Crippen molar-refractivity contribution in [3.8, 4) is 11.6 Å². The highest BCUT2D eigenvalue weighted by atomic mass is 16.5. The first-order valence-electron chi connectivity index (χ1n) is 5.34. The van der Waals surface area contributed by atoms with Gasteiger partial charge in [-0.3, -0.25) is 0 Å². The summed E-state index contributed by atoms with van der Waals surface area (Å²) < 4.78 is 10.5. The van der Waals surface area contributed by atoms with Crippen LogP contribution in [0.15, 0.2) is 21.3 Å². The molecular weight excluding hydrogens is 206 g/mol. The monoisotopic (exact) mass is 221 g/mol. The van der Waals surface area contributed by atoms with Crippen LogP contribution in [-0.2, 0) is 0 Å². The molecule has 0 amide bonds. The standard InChI is InChI=1S/C11H15N3O2/c1-3-8(6-12)11-13-10(14-16-11)9-7(2)4-5-15-9/h4-5,8H,3,6,12H2,1-2H3. The zero-order valence-electron chi connectivity index (χ0n) is 9.43. The molecule has 1 unspecified atom stereocenters. The summed E-state index contributed by atoms with van der Waals surface area (Å²) in [5.41, 5.74) is 6.62. The average molecular weight is 221 g/mol. The van der Waals surface area contributed by atoms with E-state index in [0.717, 1.165) is 12.0 Å². The Kier molecular flexibility index (Phi) is 3.05. The van der Waals surface area contributed by atoms with E-state index in [1.165, 1.54) is 0 Å². The van der Waals surface area contributed by atoms with Crippen molar-refractivity contribution in [2.45, 2.75) is 26.2 Å². The Labute approximate surface area is 93.6 Å². The highest BCUT2D eigenvalue weighted by Crippen LogP contribution is 2.24. The van der Waals surface area contributed by atoms with E-state index in [0.29, 0.717) is 24.0 Å². The van der Waals surface area contributed by atoms with Crippen LogP contribution in [0.4, 0.5) is 0 Å². The molecule has 2 aromatic rings. The van der Waals surface area contributed by atoms with Crippen molar-refractivity contribution in [2.24, 2.45) is 5.73 Å². The fraction of sp³-hybridized carbons (Fsp3) is 0.455. The smallest absolute Gasteiger partial charge is 0.238 e. The molecule has 0 fully saturated rings. The SMILES string of the molecule is CCC(CN)c1nc(-c2occc2C)no1. The van der Waals surface area contributed by atoms with Gasteiger partial charge < -0.3 is 14.7 Å². The van der Waals surface area contributed by atoms with Crippen molar-refractivity contribution in [1.29, 1.82) is 0 Å². The van der Waals surface area contributed by atoms with Crippen LogP contribution in [0.25, 0.3) is 11.6 Å². The van der Waals surface area contributed by atoms with Crippen molar-refractivity contribution in [3.05, 3.63) is 23.8 Å². The summed E-state index contributed by atoms with van der Waals surface area (Å²) in [7, 11) is 0.